The molecule has 1 amide bonds. The van der Waals surface area contributed by atoms with Crippen LogP contribution in [0.4, 0.5) is 0 Å². The maximum Gasteiger partial charge on any atom is 0.222 e. The van der Waals surface area contributed by atoms with E-state index >= 15 is 0 Å². The number of amides is 1. The Hall–Kier alpha value is -1.31. The topological polar surface area (TPSA) is 20.3 Å². The van der Waals surface area contributed by atoms with Crippen LogP contribution >= 0.6 is 0 Å². The first-order valence-electron chi connectivity index (χ1n) is 6.67. The van der Waals surface area contributed by atoms with E-state index in [0.717, 1.165) is 19.4 Å². The first-order valence-corrected chi connectivity index (χ1v) is 6.67. The van der Waals surface area contributed by atoms with E-state index in [9.17, 15) is 4.79 Å². The van der Waals surface area contributed by atoms with Gasteiger partial charge in [-0.25, -0.2) is 0 Å². The Bertz CT molecular complexity index is 334. The van der Waals surface area contributed by atoms with E-state index in [0.29, 0.717) is 12.5 Å². The summed E-state index contributed by atoms with van der Waals surface area (Å²) in [7, 11) is 0. The summed E-state index contributed by atoms with van der Waals surface area (Å²) in [6.45, 7) is 6.86. The molecule has 1 aromatic carbocycles. The Morgan fingerprint density at radius 1 is 1.29 bits per heavy atom. The van der Waals surface area contributed by atoms with E-state index in [1.807, 2.05) is 43.9 Å². The van der Waals surface area contributed by atoms with Crippen LogP contribution in [0.5, 0.6) is 0 Å². The number of likely N-dealkylation sites (tertiary alicyclic amines) is 1. The molecule has 0 saturated carbocycles. The largest absolute Gasteiger partial charge is 0.336 e. The summed E-state index contributed by atoms with van der Waals surface area (Å²) in [6, 6.07) is 10.7. The molecule has 1 unspecified atom stereocenters. The lowest BCUT2D eigenvalue weighted by atomic mass is 10.0. The van der Waals surface area contributed by atoms with Gasteiger partial charge in [-0.2, -0.15) is 0 Å². The van der Waals surface area contributed by atoms with Crippen molar-refractivity contribution in [3.8, 4) is 0 Å². The first-order chi connectivity index (χ1) is 8.33. The third-order valence-corrected chi connectivity index (χ3v) is 3.06. The van der Waals surface area contributed by atoms with Crippen molar-refractivity contribution < 1.29 is 4.79 Å². The van der Waals surface area contributed by atoms with Crippen molar-refractivity contribution in [3.05, 3.63) is 35.9 Å². The van der Waals surface area contributed by atoms with Gasteiger partial charge < -0.3 is 4.90 Å². The van der Waals surface area contributed by atoms with E-state index < -0.39 is 0 Å². The van der Waals surface area contributed by atoms with Crippen LogP contribution in [-0.4, -0.2) is 17.4 Å². The molecule has 0 spiro atoms. The van der Waals surface area contributed by atoms with Gasteiger partial charge in [0.15, 0.2) is 0 Å². The molecule has 2 heteroatoms. The Morgan fingerprint density at radius 2 is 1.94 bits per heavy atom. The molecule has 94 valence electrons. The molecule has 2 nitrogen and oxygen atoms in total. The number of rotatable bonds is 2. The summed E-state index contributed by atoms with van der Waals surface area (Å²) in [5.41, 5.74) is 1.27. The van der Waals surface area contributed by atoms with Gasteiger partial charge >= 0.3 is 0 Å². The van der Waals surface area contributed by atoms with Gasteiger partial charge in [0.05, 0.1) is 6.04 Å². The molecule has 0 radical (unpaired) electrons. The summed E-state index contributed by atoms with van der Waals surface area (Å²) in [6.07, 6.45) is 2.85. The fourth-order valence-electron chi connectivity index (χ4n) is 2.29. The van der Waals surface area contributed by atoms with Crippen LogP contribution in [0.2, 0.25) is 0 Å². The highest BCUT2D eigenvalue weighted by atomic mass is 16.2. The van der Waals surface area contributed by atoms with Crippen LogP contribution in [0.25, 0.3) is 0 Å². The SMILES string of the molecule is CC.CCC(=O)N1CCCC1c1ccccc1. The van der Waals surface area contributed by atoms with Gasteiger partial charge in [0.25, 0.3) is 0 Å². The van der Waals surface area contributed by atoms with Gasteiger partial charge in [-0.3, -0.25) is 4.79 Å². The minimum atomic E-state index is 0.279. The second-order valence-electron chi connectivity index (χ2n) is 4.01. The van der Waals surface area contributed by atoms with Gasteiger partial charge in [0, 0.05) is 13.0 Å². The highest BCUT2D eigenvalue weighted by Gasteiger charge is 2.28. The van der Waals surface area contributed by atoms with Crippen molar-refractivity contribution in [3.63, 3.8) is 0 Å². The maximum atomic E-state index is 11.7. The molecule has 2 rings (SSSR count). The van der Waals surface area contributed by atoms with Gasteiger partial charge in [-0.1, -0.05) is 51.1 Å². The Kier molecular flexibility index (Phi) is 5.75. The van der Waals surface area contributed by atoms with Crippen molar-refractivity contribution in [2.24, 2.45) is 0 Å². The predicted molar refractivity (Wildman–Crippen MR) is 71.8 cm³/mol. The zero-order valence-electron chi connectivity index (χ0n) is 11.1. The van der Waals surface area contributed by atoms with Crippen LogP contribution in [0, 0.1) is 0 Å². The molecule has 1 fully saturated rings. The van der Waals surface area contributed by atoms with Crippen molar-refractivity contribution in [2.75, 3.05) is 6.54 Å². The number of carbonyl (C=O) groups is 1. The zero-order valence-corrected chi connectivity index (χ0v) is 11.1. The molecular weight excluding hydrogens is 210 g/mol. The lowest BCUT2D eigenvalue weighted by Gasteiger charge is -2.24. The predicted octanol–water partition coefficient (Wildman–Crippen LogP) is 3.79. The third-order valence-electron chi connectivity index (χ3n) is 3.06. The summed E-state index contributed by atoms with van der Waals surface area (Å²) in [5, 5.41) is 0. The molecule has 1 aliphatic heterocycles. The first kappa shape index (κ1) is 13.8. The van der Waals surface area contributed by atoms with Gasteiger partial charge in [-0.05, 0) is 18.4 Å². The Labute approximate surface area is 105 Å². The Balaban J connectivity index is 0.000000686. The lowest BCUT2D eigenvalue weighted by molar-refractivity contribution is -0.131. The summed E-state index contributed by atoms with van der Waals surface area (Å²) in [5.74, 6) is 0.279. The quantitative estimate of drug-likeness (QED) is 0.761. The average Bonchev–Trinajstić information content (AvgIpc) is 2.90. The standard InChI is InChI=1S/C13H17NO.C2H6/c1-2-13(15)14-10-6-9-12(14)11-7-4-3-5-8-11;1-2/h3-5,7-8,12H,2,6,9-10H2,1H3;1-2H3. The molecule has 0 bridgehead atoms. The molecule has 1 saturated heterocycles. The second kappa shape index (κ2) is 7.10. The fourth-order valence-corrected chi connectivity index (χ4v) is 2.29. The Morgan fingerprint density at radius 3 is 2.53 bits per heavy atom. The normalized spacial score (nSPS) is 18.5. The second-order valence-corrected chi connectivity index (χ2v) is 4.01. The van der Waals surface area contributed by atoms with E-state index in [1.165, 1.54) is 5.56 Å². The van der Waals surface area contributed by atoms with E-state index in [-0.39, 0.29) is 5.91 Å². The molecule has 1 heterocycles. The van der Waals surface area contributed by atoms with Crippen molar-refractivity contribution in [2.45, 2.75) is 46.1 Å². The molecule has 1 aliphatic rings. The highest BCUT2D eigenvalue weighted by Crippen LogP contribution is 2.31. The van der Waals surface area contributed by atoms with Crippen LogP contribution in [0.15, 0.2) is 30.3 Å². The summed E-state index contributed by atoms with van der Waals surface area (Å²) in [4.78, 5) is 13.7. The third kappa shape index (κ3) is 3.32. The van der Waals surface area contributed by atoms with Crippen LogP contribution in [-0.2, 0) is 4.79 Å². The molecule has 1 aromatic rings. The number of carbonyl (C=O) groups excluding carboxylic acids is 1. The molecule has 0 aliphatic carbocycles. The fraction of sp³-hybridized carbons (Fsp3) is 0.533. The van der Waals surface area contributed by atoms with Crippen molar-refractivity contribution in [1.82, 2.24) is 4.90 Å². The average molecular weight is 233 g/mol. The minimum absolute atomic E-state index is 0.279. The summed E-state index contributed by atoms with van der Waals surface area (Å²) < 4.78 is 0. The number of hydrogen-bond acceptors (Lipinski definition) is 1. The van der Waals surface area contributed by atoms with Crippen LogP contribution in [0.3, 0.4) is 0 Å². The summed E-state index contributed by atoms with van der Waals surface area (Å²) >= 11 is 0. The highest BCUT2D eigenvalue weighted by molar-refractivity contribution is 5.76. The van der Waals surface area contributed by atoms with E-state index in [2.05, 4.69) is 12.1 Å². The number of hydrogen-bond donors (Lipinski definition) is 0. The van der Waals surface area contributed by atoms with Crippen LogP contribution in [0.1, 0.15) is 51.6 Å². The number of benzene rings is 1. The van der Waals surface area contributed by atoms with Gasteiger partial charge in [-0.15, -0.1) is 0 Å². The lowest BCUT2D eigenvalue weighted by Crippen LogP contribution is -2.29. The molecule has 17 heavy (non-hydrogen) atoms. The monoisotopic (exact) mass is 233 g/mol. The molecule has 0 aromatic heterocycles. The molecular formula is C15H23NO. The molecule has 0 N–H and O–H groups in total. The van der Waals surface area contributed by atoms with Gasteiger partial charge in [0.1, 0.15) is 0 Å². The van der Waals surface area contributed by atoms with Crippen LogP contribution < -0.4 is 0 Å². The smallest absolute Gasteiger partial charge is 0.222 e. The van der Waals surface area contributed by atoms with E-state index in [4.69, 9.17) is 0 Å². The number of nitrogens with zero attached hydrogens (tertiary/aromatic N) is 1. The van der Waals surface area contributed by atoms with Gasteiger partial charge in [0.2, 0.25) is 5.91 Å². The van der Waals surface area contributed by atoms with Crippen molar-refractivity contribution in [1.29, 1.82) is 0 Å². The molecule has 1 atom stereocenters. The van der Waals surface area contributed by atoms with E-state index in [1.54, 1.807) is 0 Å². The van der Waals surface area contributed by atoms with Crippen molar-refractivity contribution >= 4 is 5.91 Å². The maximum absolute atomic E-state index is 11.7. The zero-order chi connectivity index (χ0) is 12.7. The minimum Gasteiger partial charge on any atom is -0.336 e.